The Hall–Kier alpha value is -1.22. The van der Waals surface area contributed by atoms with Crippen molar-refractivity contribution >= 4 is 0 Å². The largest absolute Gasteiger partial charge is 0.493 e. The standard InChI is InChI=1S/C18H29NO2/c1-12(2)15-8-6-13(3)11-18(15,19)14-7-9-16(20-4)17(10-14)21-5/h7,9-10,12-13,15H,6,8,11,19H2,1-5H3. The zero-order chi connectivity index (χ0) is 15.6. The fourth-order valence-electron chi connectivity index (χ4n) is 3.94. The molecule has 0 spiro atoms. The van der Waals surface area contributed by atoms with Crippen molar-refractivity contribution in [2.45, 2.75) is 45.6 Å². The van der Waals surface area contributed by atoms with Gasteiger partial charge < -0.3 is 15.2 Å². The Labute approximate surface area is 128 Å². The molecule has 1 fully saturated rings. The maximum Gasteiger partial charge on any atom is 0.161 e. The first-order valence-electron chi connectivity index (χ1n) is 7.93. The third kappa shape index (κ3) is 3.03. The van der Waals surface area contributed by atoms with E-state index in [0.29, 0.717) is 17.8 Å². The van der Waals surface area contributed by atoms with E-state index >= 15 is 0 Å². The fourth-order valence-corrected chi connectivity index (χ4v) is 3.94. The minimum absolute atomic E-state index is 0.272. The van der Waals surface area contributed by atoms with E-state index in [9.17, 15) is 0 Å². The van der Waals surface area contributed by atoms with E-state index in [-0.39, 0.29) is 5.54 Å². The van der Waals surface area contributed by atoms with Crippen molar-refractivity contribution in [1.29, 1.82) is 0 Å². The van der Waals surface area contributed by atoms with Gasteiger partial charge in [-0.15, -0.1) is 0 Å². The zero-order valence-electron chi connectivity index (χ0n) is 14.0. The highest BCUT2D eigenvalue weighted by Gasteiger charge is 2.42. The molecule has 3 atom stereocenters. The molecule has 2 rings (SSSR count). The van der Waals surface area contributed by atoms with Gasteiger partial charge in [0.2, 0.25) is 0 Å². The topological polar surface area (TPSA) is 44.5 Å². The molecule has 0 bridgehead atoms. The lowest BCUT2D eigenvalue weighted by Crippen LogP contribution is -2.50. The van der Waals surface area contributed by atoms with Crippen molar-refractivity contribution in [3.8, 4) is 11.5 Å². The Kier molecular flexibility index (Phi) is 4.82. The summed E-state index contributed by atoms with van der Waals surface area (Å²) in [6.45, 7) is 6.87. The van der Waals surface area contributed by atoms with Gasteiger partial charge in [0, 0.05) is 5.54 Å². The highest BCUT2D eigenvalue weighted by atomic mass is 16.5. The molecule has 0 saturated heterocycles. The van der Waals surface area contributed by atoms with Crippen molar-refractivity contribution in [2.75, 3.05) is 14.2 Å². The summed E-state index contributed by atoms with van der Waals surface area (Å²) < 4.78 is 10.8. The number of hydrogen-bond donors (Lipinski definition) is 1. The van der Waals surface area contributed by atoms with Crippen molar-refractivity contribution in [1.82, 2.24) is 0 Å². The molecule has 0 radical (unpaired) electrons. The minimum atomic E-state index is -0.272. The second-order valence-electron chi connectivity index (χ2n) is 6.85. The third-order valence-electron chi connectivity index (χ3n) is 5.04. The summed E-state index contributed by atoms with van der Waals surface area (Å²) in [4.78, 5) is 0. The van der Waals surface area contributed by atoms with Crippen LogP contribution in [0.5, 0.6) is 11.5 Å². The molecule has 3 nitrogen and oxygen atoms in total. The molecule has 0 amide bonds. The molecule has 3 heteroatoms. The van der Waals surface area contributed by atoms with E-state index in [1.165, 1.54) is 18.4 Å². The quantitative estimate of drug-likeness (QED) is 0.913. The first-order chi connectivity index (χ1) is 9.92. The molecule has 0 aliphatic heterocycles. The second-order valence-corrected chi connectivity index (χ2v) is 6.85. The minimum Gasteiger partial charge on any atom is -0.493 e. The van der Waals surface area contributed by atoms with Crippen LogP contribution < -0.4 is 15.2 Å². The first kappa shape index (κ1) is 16.2. The van der Waals surface area contributed by atoms with Crippen molar-refractivity contribution < 1.29 is 9.47 Å². The van der Waals surface area contributed by atoms with E-state index in [0.717, 1.165) is 17.9 Å². The zero-order valence-corrected chi connectivity index (χ0v) is 14.0. The molecule has 21 heavy (non-hydrogen) atoms. The number of methoxy groups -OCH3 is 2. The first-order valence-corrected chi connectivity index (χ1v) is 7.93. The van der Waals surface area contributed by atoms with Crippen molar-refractivity contribution in [3.63, 3.8) is 0 Å². The molecule has 1 aromatic carbocycles. The predicted octanol–water partition coefficient (Wildman–Crippen LogP) is 3.95. The molecular weight excluding hydrogens is 262 g/mol. The summed E-state index contributed by atoms with van der Waals surface area (Å²) in [5.41, 5.74) is 7.83. The van der Waals surface area contributed by atoms with E-state index in [1.807, 2.05) is 6.07 Å². The predicted molar refractivity (Wildman–Crippen MR) is 86.8 cm³/mol. The van der Waals surface area contributed by atoms with E-state index in [2.05, 4.69) is 32.9 Å². The monoisotopic (exact) mass is 291 g/mol. The Bertz CT molecular complexity index is 486. The number of hydrogen-bond acceptors (Lipinski definition) is 3. The van der Waals surface area contributed by atoms with Crippen LogP contribution in [0.1, 0.15) is 45.6 Å². The summed E-state index contributed by atoms with van der Waals surface area (Å²) in [6.07, 6.45) is 3.50. The van der Waals surface area contributed by atoms with Crippen LogP contribution in [-0.4, -0.2) is 14.2 Å². The Morgan fingerprint density at radius 1 is 1.14 bits per heavy atom. The van der Waals surface area contributed by atoms with Gasteiger partial charge in [-0.25, -0.2) is 0 Å². The fraction of sp³-hybridized carbons (Fsp3) is 0.667. The lowest BCUT2D eigenvalue weighted by Gasteiger charge is -2.46. The van der Waals surface area contributed by atoms with Gasteiger partial charge in [-0.05, 0) is 48.3 Å². The van der Waals surface area contributed by atoms with Gasteiger partial charge in [0.05, 0.1) is 14.2 Å². The molecule has 0 aromatic heterocycles. The summed E-state index contributed by atoms with van der Waals surface area (Å²) in [7, 11) is 3.34. The highest BCUT2D eigenvalue weighted by Crippen LogP contribution is 2.46. The van der Waals surface area contributed by atoms with Gasteiger partial charge in [-0.1, -0.05) is 33.3 Å². The number of benzene rings is 1. The lowest BCUT2D eigenvalue weighted by molar-refractivity contribution is 0.108. The van der Waals surface area contributed by atoms with Crippen LogP contribution in [0.3, 0.4) is 0 Å². The Morgan fingerprint density at radius 3 is 2.38 bits per heavy atom. The van der Waals surface area contributed by atoms with Gasteiger partial charge in [-0.3, -0.25) is 0 Å². The summed E-state index contributed by atoms with van der Waals surface area (Å²) >= 11 is 0. The summed E-state index contributed by atoms with van der Waals surface area (Å²) in [6, 6.07) is 6.14. The van der Waals surface area contributed by atoms with Crippen LogP contribution in [0, 0.1) is 17.8 Å². The van der Waals surface area contributed by atoms with Gasteiger partial charge in [0.1, 0.15) is 0 Å². The van der Waals surface area contributed by atoms with Gasteiger partial charge in [-0.2, -0.15) is 0 Å². The van der Waals surface area contributed by atoms with E-state index < -0.39 is 0 Å². The molecular formula is C18H29NO2. The Morgan fingerprint density at radius 2 is 1.81 bits per heavy atom. The normalized spacial score (nSPS) is 29.5. The van der Waals surface area contributed by atoms with Gasteiger partial charge in [0.15, 0.2) is 11.5 Å². The molecule has 1 saturated carbocycles. The molecule has 118 valence electrons. The molecule has 3 unspecified atom stereocenters. The average molecular weight is 291 g/mol. The van der Waals surface area contributed by atoms with Crippen molar-refractivity contribution in [2.24, 2.45) is 23.5 Å². The van der Waals surface area contributed by atoms with Crippen LogP contribution in [0.4, 0.5) is 0 Å². The highest BCUT2D eigenvalue weighted by molar-refractivity contribution is 5.45. The smallest absolute Gasteiger partial charge is 0.161 e. The third-order valence-corrected chi connectivity index (χ3v) is 5.04. The van der Waals surface area contributed by atoms with E-state index in [1.54, 1.807) is 14.2 Å². The van der Waals surface area contributed by atoms with E-state index in [4.69, 9.17) is 15.2 Å². The number of ether oxygens (including phenoxy) is 2. The molecule has 1 aliphatic rings. The van der Waals surface area contributed by atoms with Crippen LogP contribution in [0.15, 0.2) is 18.2 Å². The average Bonchev–Trinajstić information content (AvgIpc) is 2.45. The van der Waals surface area contributed by atoms with Crippen LogP contribution in [-0.2, 0) is 5.54 Å². The summed E-state index contributed by atoms with van der Waals surface area (Å²) in [5, 5.41) is 0. The number of rotatable bonds is 4. The molecule has 1 aromatic rings. The maximum atomic E-state index is 6.93. The van der Waals surface area contributed by atoms with Crippen LogP contribution in [0.25, 0.3) is 0 Å². The van der Waals surface area contributed by atoms with Gasteiger partial charge in [0.25, 0.3) is 0 Å². The SMILES string of the molecule is COc1ccc(C2(N)CC(C)CCC2C(C)C)cc1OC. The molecule has 0 heterocycles. The van der Waals surface area contributed by atoms with Gasteiger partial charge >= 0.3 is 0 Å². The van der Waals surface area contributed by atoms with Crippen LogP contribution >= 0.6 is 0 Å². The van der Waals surface area contributed by atoms with Crippen LogP contribution in [0.2, 0.25) is 0 Å². The lowest BCUT2D eigenvalue weighted by atomic mass is 9.63. The molecule has 2 N–H and O–H groups in total. The number of nitrogens with two attached hydrogens (primary N) is 1. The molecule has 1 aliphatic carbocycles. The Balaban J connectivity index is 2.44. The second kappa shape index (κ2) is 6.27. The maximum absolute atomic E-state index is 6.93. The van der Waals surface area contributed by atoms with Crippen molar-refractivity contribution in [3.05, 3.63) is 23.8 Å². The summed E-state index contributed by atoms with van der Waals surface area (Å²) in [5.74, 6) is 3.27.